The standard InChI is InChI=1S/C15H21N3O2S/c19-14(16-10-13-2-1-9-21-13)11-17-5-7-18(8-6-17)15(20)12-3-4-12/h1-2,9,12H,3-8,10-11H2,(H,16,19). The lowest BCUT2D eigenvalue weighted by molar-refractivity contribution is -0.134. The smallest absolute Gasteiger partial charge is 0.234 e. The van der Waals surface area contributed by atoms with Gasteiger partial charge in [-0.1, -0.05) is 6.07 Å². The van der Waals surface area contributed by atoms with Gasteiger partial charge in [0.25, 0.3) is 0 Å². The van der Waals surface area contributed by atoms with Gasteiger partial charge in [-0.2, -0.15) is 0 Å². The zero-order chi connectivity index (χ0) is 14.7. The third kappa shape index (κ3) is 4.04. The van der Waals surface area contributed by atoms with Gasteiger partial charge in [-0.3, -0.25) is 14.5 Å². The maximum atomic E-state index is 12.0. The molecule has 1 saturated heterocycles. The zero-order valence-electron chi connectivity index (χ0n) is 12.1. The summed E-state index contributed by atoms with van der Waals surface area (Å²) in [7, 11) is 0. The molecule has 1 aliphatic heterocycles. The van der Waals surface area contributed by atoms with E-state index in [0.717, 1.165) is 39.0 Å². The number of nitrogens with zero attached hydrogens (tertiary/aromatic N) is 2. The molecular formula is C15H21N3O2S. The van der Waals surface area contributed by atoms with Crippen molar-refractivity contribution in [3.8, 4) is 0 Å². The van der Waals surface area contributed by atoms with Crippen LogP contribution in [-0.2, 0) is 16.1 Å². The molecule has 6 heteroatoms. The molecule has 0 spiro atoms. The first-order valence-electron chi connectivity index (χ1n) is 7.52. The van der Waals surface area contributed by atoms with Crippen molar-refractivity contribution in [2.45, 2.75) is 19.4 Å². The van der Waals surface area contributed by atoms with Crippen LogP contribution < -0.4 is 5.32 Å². The van der Waals surface area contributed by atoms with Crippen LogP contribution in [0.1, 0.15) is 17.7 Å². The maximum absolute atomic E-state index is 12.0. The maximum Gasteiger partial charge on any atom is 0.234 e. The van der Waals surface area contributed by atoms with Crippen molar-refractivity contribution >= 4 is 23.2 Å². The number of hydrogen-bond donors (Lipinski definition) is 1. The van der Waals surface area contributed by atoms with E-state index in [1.165, 1.54) is 4.88 Å². The highest BCUT2D eigenvalue weighted by Gasteiger charge is 2.34. The SMILES string of the molecule is O=C(CN1CCN(C(=O)C2CC2)CC1)NCc1cccs1. The van der Waals surface area contributed by atoms with E-state index in [4.69, 9.17) is 0 Å². The van der Waals surface area contributed by atoms with Gasteiger partial charge in [0.05, 0.1) is 13.1 Å². The predicted octanol–water partition coefficient (Wildman–Crippen LogP) is 0.919. The topological polar surface area (TPSA) is 52.7 Å². The van der Waals surface area contributed by atoms with Gasteiger partial charge in [-0.05, 0) is 24.3 Å². The second kappa shape index (κ2) is 6.58. The van der Waals surface area contributed by atoms with E-state index < -0.39 is 0 Å². The van der Waals surface area contributed by atoms with Crippen molar-refractivity contribution < 1.29 is 9.59 Å². The highest BCUT2D eigenvalue weighted by molar-refractivity contribution is 7.09. The fraction of sp³-hybridized carbons (Fsp3) is 0.600. The van der Waals surface area contributed by atoms with Gasteiger partial charge >= 0.3 is 0 Å². The highest BCUT2D eigenvalue weighted by atomic mass is 32.1. The van der Waals surface area contributed by atoms with E-state index in [0.29, 0.717) is 24.9 Å². The molecular weight excluding hydrogens is 286 g/mol. The van der Waals surface area contributed by atoms with Gasteiger partial charge in [0.15, 0.2) is 0 Å². The van der Waals surface area contributed by atoms with Gasteiger partial charge in [0.1, 0.15) is 0 Å². The molecule has 1 aromatic rings. The van der Waals surface area contributed by atoms with E-state index in [1.54, 1.807) is 11.3 Å². The molecule has 1 aliphatic carbocycles. The minimum Gasteiger partial charge on any atom is -0.350 e. The number of hydrogen-bond acceptors (Lipinski definition) is 4. The number of carbonyl (C=O) groups excluding carboxylic acids is 2. The van der Waals surface area contributed by atoms with E-state index in [1.807, 2.05) is 22.4 Å². The summed E-state index contributed by atoms with van der Waals surface area (Å²) in [6.45, 7) is 4.14. The Morgan fingerprint density at radius 1 is 1.24 bits per heavy atom. The molecule has 0 aromatic carbocycles. The van der Waals surface area contributed by atoms with Gasteiger partial charge < -0.3 is 10.2 Å². The van der Waals surface area contributed by atoms with Crippen molar-refractivity contribution in [3.63, 3.8) is 0 Å². The second-order valence-electron chi connectivity index (χ2n) is 5.73. The Balaban J connectivity index is 1.36. The molecule has 2 aliphatic rings. The van der Waals surface area contributed by atoms with Crippen LogP contribution in [-0.4, -0.2) is 54.3 Å². The molecule has 0 atom stereocenters. The van der Waals surface area contributed by atoms with E-state index >= 15 is 0 Å². The summed E-state index contributed by atoms with van der Waals surface area (Å²) in [6.07, 6.45) is 2.12. The van der Waals surface area contributed by atoms with E-state index in [2.05, 4.69) is 10.2 Å². The highest BCUT2D eigenvalue weighted by Crippen LogP contribution is 2.31. The number of thiophene rings is 1. The Hall–Kier alpha value is -1.40. The first kappa shape index (κ1) is 14.5. The number of carbonyl (C=O) groups is 2. The molecule has 2 heterocycles. The van der Waals surface area contributed by atoms with Crippen molar-refractivity contribution in [2.75, 3.05) is 32.7 Å². The molecule has 0 radical (unpaired) electrons. The van der Waals surface area contributed by atoms with Crippen LogP contribution in [0, 0.1) is 5.92 Å². The lowest BCUT2D eigenvalue weighted by atomic mass is 10.2. The Kier molecular flexibility index (Phi) is 4.55. The Morgan fingerprint density at radius 2 is 2.00 bits per heavy atom. The van der Waals surface area contributed by atoms with Gasteiger partial charge in [0.2, 0.25) is 11.8 Å². The molecule has 0 bridgehead atoms. The summed E-state index contributed by atoms with van der Waals surface area (Å²) in [5, 5.41) is 4.96. The fourth-order valence-electron chi connectivity index (χ4n) is 2.57. The number of piperazine rings is 1. The average molecular weight is 307 g/mol. The van der Waals surface area contributed by atoms with Crippen LogP contribution in [0.2, 0.25) is 0 Å². The summed E-state index contributed by atoms with van der Waals surface area (Å²) in [6, 6.07) is 4.01. The molecule has 5 nitrogen and oxygen atoms in total. The predicted molar refractivity (Wildman–Crippen MR) is 81.9 cm³/mol. The Bertz CT molecular complexity index is 491. The van der Waals surface area contributed by atoms with Crippen LogP contribution in [0.15, 0.2) is 17.5 Å². The van der Waals surface area contributed by atoms with Gasteiger partial charge in [-0.15, -0.1) is 11.3 Å². The summed E-state index contributed by atoms with van der Waals surface area (Å²) < 4.78 is 0. The largest absolute Gasteiger partial charge is 0.350 e. The molecule has 114 valence electrons. The number of rotatable bonds is 5. The molecule has 2 amide bonds. The molecule has 3 rings (SSSR count). The summed E-state index contributed by atoms with van der Waals surface area (Å²) in [5.41, 5.74) is 0. The lowest BCUT2D eigenvalue weighted by Crippen LogP contribution is -2.51. The van der Waals surface area contributed by atoms with Gasteiger partial charge in [0, 0.05) is 37.0 Å². The molecule has 1 N–H and O–H groups in total. The van der Waals surface area contributed by atoms with E-state index in [-0.39, 0.29) is 5.91 Å². The Labute approximate surface area is 128 Å². The first-order valence-corrected chi connectivity index (χ1v) is 8.40. The fourth-order valence-corrected chi connectivity index (χ4v) is 3.22. The van der Waals surface area contributed by atoms with Crippen LogP contribution >= 0.6 is 11.3 Å². The Morgan fingerprint density at radius 3 is 2.62 bits per heavy atom. The van der Waals surface area contributed by atoms with Crippen molar-refractivity contribution in [3.05, 3.63) is 22.4 Å². The molecule has 0 unspecified atom stereocenters. The third-order valence-electron chi connectivity index (χ3n) is 4.02. The third-order valence-corrected chi connectivity index (χ3v) is 4.89. The average Bonchev–Trinajstić information content (AvgIpc) is 3.22. The monoisotopic (exact) mass is 307 g/mol. The van der Waals surface area contributed by atoms with Crippen LogP contribution in [0.25, 0.3) is 0 Å². The van der Waals surface area contributed by atoms with Crippen molar-refractivity contribution in [2.24, 2.45) is 5.92 Å². The summed E-state index contributed by atoms with van der Waals surface area (Å²) >= 11 is 1.65. The first-order chi connectivity index (χ1) is 10.2. The summed E-state index contributed by atoms with van der Waals surface area (Å²) in [4.78, 5) is 29.1. The van der Waals surface area contributed by atoms with Crippen LogP contribution in [0.5, 0.6) is 0 Å². The number of nitrogens with one attached hydrogen (secondary N) is 1. The normalized spacial score (nSPS) is 19.5. The van der Waals surface area contributed by atoms with E-state index in [9.17, 15) is 9.59 Å². The van der Waals surface area contributed by atoms with Crippen molar-refractivity contribution in [1.29, 1.82) is 0 Å². The summed E-state index contributed by atoms with van der Waals surface area (Å²) in [5.74, 6) is 0.674. The van der Waals surface area contributed by atoms with Crippen LogP contribution in [0.3, 0.4) is 0 Å². The molecule has 1 aromatic heterocycles. The second-order valence-corrected chi connectivity index (χ2v) is 6.76. The lowest BCUT2D eigenvalue weighted by Gasteiger charge is -2.34. The zero-order valence-corrected chi connectivity index (χ0v) is 12.9. The quantitative estimate of drug-likeness (QED) is 0.880. The molecule has 21 heavy (non-hydrogen) atoms. The van der Waals surface area contributed by atoms with Crippen LogP contribution in [0.4, 0.5) is 0 Å². The van der Waals surface area contributed by atoms with Crippen molar-refractivity contribution in [1.82, 2.24) is 15.1 Å². The molecule has 1 saturated carbocycles. The van der Waals surface area contributed by atoms with Gasteiger partial charge in [-0.25, -0.2) is 0 Å². The molecule has 2 fully saturated rings. The minimum absolute atomic E-state index is 0.0605. The minimum atomic E-state index is 0.0605. The number of amides is 2.